The average Bonchev–Trinajstić information content (AvgIpc) is 2.74. The quantitative estimate of drug-likeness (QED) is 0.660. The molecule has 2 saturated heterocycles. The van der Waals surface area contributed by atoms with Gasteiger partial charge in [0.05, 0.1) is 0 Å². The zero-order valence-electron chi connectivity index (χ0n) is 9.36. The molecule has 1 amide bonds. The second kappa shape index (κ2) is 3.54. The van der Waals surface area contributed by atoms with E-state index < -0.39 is 0 Å². The van der Waals surface area contributed by atoms with Gasteiger partial charge in [0.1, 0.15) is 0 Å². The fourth-order valence-corrected chi connectivity index (χ4v) is 2.84. The second-order valence-corrected chi connectivity index (χ2v) is 4.73. The molecule has 0 aliphatic carbocycles. The van der Waals surface area contributed by atoms with Gasteiger partial charge in [-0.15, -0.1) is 0 Å². The highest BCUT2D eigenvalue weighted by atomic mass is 16.2. The number of fused-ring (bicyclic) bond motifs is 2. The molecule has 2 fully saturated rings. The van der Waals surface area contributed by atoms with Gasteiger partial charge in [-0.25, -0.2) is 0 Å². The minimum atomic E-state index is 0.334. The lowest BCUT2D eigenvalue weighted by molar-refractivity contribution is -0.133. The van der Waals surface area contributed by atoms with Crippen molar-refractivity contribution in [2.45, 2.75) is 51.7 Å². The van der Waals surface area contributed by atoms with Crippen LogP contribution in [-0.2, 0) is 4.79 Å². The first-order valence-electron chi connectivity index (χ1n) is 5.68. The van der Waals surface area contributed by atoms with Gasteiger partial charge in [0.25, 0.3) is 0 Å². The Bertz CT molecular complexity index is 239. The second-order valence-electron chi connectivity index (χ2n) is 4.73. The molecule has 2 bridgehead atoms. The molecule has 80 valence electrons. The van der Waals surface area contributed by atoms with E-state index in [9.17, 15) is 4.79 Å². The van der Waals surface area contributed by atoms with Gasteiger partial charge in [0, 0.05) is 37.6 Å². The summed E-state index contributed by atoms with van der Waals surface area (Å²) < 4.78 is 0. The Labute approximate surface area is 86.1 Å². The van der Waals surface area contributed by atoms with Crippen LogP contribution in [0.15, 0.2) is 0 Å². The molecule has 0 radical (unpaired) electrons. The average molecular weight is 196 g/mol. The van der Waals surface area contributed by atoms with Crippen LogP contribution in [0.2, 0.25) is 0 Å². The number of likely N-dealkylation sites (tertiary alicyclic amines) is 2. The lowest BCUT2D eigenvalue weighted by atomic mass is 10.2. The van der Waals surface area contributed by atoms with E-state index in [0.717, 1.165) is 13.1 Å². The van der Waals surface area contributed by atoms with Gasteiger partial charge in [0.2, 0.25) is 5.91 Å². The number of hydrogen-bond acceptors (Lipinski definition) is 2. The molecule has 0 spiro atoms. The molecule has 3 heteroatoms. The van der Waals surface area contributed by atoms with Crippen molar-refractivity contribution in [2.24, 2.45) is 0 Å². The van der Waals surface area contributed by atoms with Crippen LogP contribution in [0.1, 0.15) is 33.6 Å². The lowest BCUT2D eigenvalue weighted by Crippen LogP contribution is -2.50. The van der Waals surface area contributed by atoms with Crippen molar-refractivity contribution in [2.75, 3.05) is 13.1 Å². The summed E-state index contributed by atoms with van der Waals surface area (Å²) in [7, 11) is 0. The number of rotatable bonds is 2. The molecule has 2 heterocycles. The van der Waals surface area contributed by atoms with Gasteiger partial charge in [-0.3, -0.25) is 9.69 Å². The summed E-state index contributed by atoms with van der Waals surface area (Å²) in [5.74, 6) is 0.334. The zero-order valence-corrected chi connectivity index (χ0v) is 9.36. The number of carbonyl (C=O) groups is 1. The van der Waals surface area contributed by atoms with Crippen LogP contribution in [0.3, 0.4) is 0 Å². The molecule has 14 heavy (non-hydrogen) atoms. The first-order chi connectivity index (χ1) is 6.63. The van der Waals surface area contributed by atoms with Crippen molar-refractivity contribution >= 4 is 5.91 Å². The standard InChI is InChI=1S/C11H20N2O/c1-4-11(14)13-7-9-5-10(13)6-12(9)8(2)3/h8-10H,4-7H2,1-3H3. The van der Waals surface area contributed by atoms with Crippen LogP contribution in [0.25, 0.3) is 0 Å². The zero-order chi connectivity index (χ0) is 10.3. The van der Waals surface area contributed by atoms with Crippen molar-refractivity contribution in [1.82, 2.24) is 9.80 Å². The van der Waals surface area contributed by atoms with Crippen molar-refractivity contribution in [1.29, 1.82) is 0 Å². The summed E-state index contributed by atoms with van der Waals surface area (Å²) in [4.78, 5) is 16.2. The minimum absolute atomic E-state index is 0.334. The predicted molar refractivity (Wildman–Crippen MR) is 56.0 cm³/mol. The van der Waals surface area contributed by atoms with Crippen LogP contribution < -0.4 is 0 Å². The molecule has 2 unspecified atom stereocenters. The van der Waals surface area contributed by atoms with Gasteiger partial charge >= 0.3 is 0 Å². The van der Waals surface area contributed by atoms with Crippen LogP contribution in [0.5, 0.6) is 0 Å². The van der Waals surface area contributed by atoms with E-state index in [1.165, 1.54) is 6.42 Å². The third kappa shape index (κ3) is 1.44. The highest BCUT2D eigenvalue weighted by Crippen LogP contribution is 2.32. The molecule has 0 aromatic carbocycles. The largest absolute Gasteiger partial charge is 0.337 e. The van der Waals surface area contributed by atoms with Crippen LogP contribution in [0.4, 0.5) is 0 Å². The fourth-order valence-electron chi connectivity index (χ4n) is 2.84. The molecule has 0 aromatic rings. The van der Waals surface area contributed by atoms with E-state index in [4.69, 9.17) is 0 Å². The molecule has 0 aromatic heterocycles. The maximum Gasteiger partial charge on any atom is 0.222 e. The van der Waals surface area contributed by atoms with Crippen LogP contribution in [-0.4, -0.2) is 46.9 Å². The maximum atomic E-state index is 11.6. The van der Waals surface area contributed by atoms with Crippen molar-refractivity contribution in [3.8, 4) is 0 Å². The third-order valence-electron chi connectivity index (χ3n) is 3.57. The number of nitrogens with zero attached hydrogens (tertiary/aromatic N) is 2. The fraction of sp³-hybridized carbons (Fsp3) is 0.909. The Balaban J connectivity index is 1.99. The normalized spacial score (nSPS) is 31.9. The summed E-state index contributed by atoms with van der Waals surface area (Å²) in [5.41, 5.74) is 0. The predicted octanol–water partition coefficient (Wildman–Crippen LogP) is 1.09. The van der Waals surface area contributed by atoms with E-state index in [1.807, 2.05) is 6.92 Å². The Morgan fingerprint density at radius 2 is 2.07 bits per heavy atom. The smallest absolute Gasteiger partial charge is 0.222 e. The monoisotopic (exact) mass is 196 g/mol. The summed E-state index contributed by atoms with van der Waals surface area (Å²) in [6.07, 6.45) is 1.86. The van der Waals surface area contributed by atoms with Gasteiger partial charge in [0.15, 0.2) is 0 Å². The molecule has 0 saturated carbocycles. The summed E-state index contributed by atoms with van der Waals surface area (Å²) in [5, 5.41) is 0. The Hall–Kier alpha value is -0.570. The number of piperazine rings is 1. The van der Waals surface area contributed by atoms with Crippen LogP contribution in [0, 0.1) is 0 Å². The van der Waals surface area contributed by atoms with E-state index in [2.05, 4.69) is 23.6 Å². The summed E-state index contributed by atoms with van der Waals surface area (Å²) >= 11 is 0. The van der Waals surface area contributed by atoms with E-state index >= 15 is 0 Å². The minimum Gasteiger partial charge on any atom is -0.337 e. The first kappa shape index (κ1) is 9.97. The molecule has 2 aliphatic rings. The van der Waals surface area contributed by atoms with Gasteiger partial charge in [-0.05, 0) is 20.3 Å². The van der Waals surface area contributed by atoms with Crippen molar-refractivity contribution in [3.63, 3.8) is 0 Å². The van der Waals surface area contributed by atoms with Crippen molar-refractivity contribution in [3.05, 3.63) is 0 Å². The summed E-state index contributed by atoms with van der Waals surface area (Å²) in [6, 6.07) is 1.77. The molecular formula is C11H20N2O. The van der Waals surface area contributed by atoms with Gasteiger partial charge in [-0.2, -0.15) is 0 Å². The SMILES string of the molecule is CCC(=O)N1CC2CC1CN2C(C)C. The molecule has 0 N–H and O–H groups in total. The highest BCUT2D eigenvalue weighted by molar-refractivity contribution is 5.76. The van der Waals surface area contributed by atoms with E-state index in [-0.39, 0.29) is 0 Å². The molecular weight excluding hydrogens is 176 g/mol. The lowest BCUT2D eigenvalue weighted by Gasteiger charge is -2.36. The van der Waals surface area contributed by atoms with Gasteiger partial charge in [-0.1, -0.05) is 6.92 Å². The van der Waals surface area contributed by atoms with Crippen LogP contribution >= 0.6 is 0 Å². The maximum absolute atomic E-state index is 11.6. The molecule has 3 nitrogen and oxygen atoms in total. The Morgan fingerprint density at radius 1 is 1.36 bits per heavy atom. The number of carbonyl (C=O) groups excluding carboxylic acids is 1. The van der Waals surface area contributed by atoms with E-state index in [0.29, 0.717) is 30.5 Å². The first-order valence-corrected chi connectivity index (χ1v) is 5.68. The Kier molecular flexibility index (Phi) is 2.52. The van der Waals surface area contributed by atoms with Gasteiger partial charge < -0.3 is 4.90 Å². The number of hydrogen-bond donors (Lipinski definition) is 0. The topological polar surface area (TPSA) is 23.6 Å². The molecule has 2 aliphatic heterocycles. The van der Waals surface area contributed by atoms with E-state index in [1.54, 1.807) is 0 Å². The third-order valence-corrected chi connectivity index (χ3v) is 3.57. The Morgan fingerprint density at radius 3 is 2.50 bits per heavy atom. The summed E-state index contributed by atoms with van der Waals surface area (Å²) in [6.45, 7) is 8.50. The molecule has 2 rings (SSSR count). The number of amides is 1. The highest BCUT2D eigenvalue weighted by Gasteiger charge is 2.45. The molecule has 2 atom stereocenters. The van der Waals surface area contributed by atoms with Crippen molar-refractivity contribution < 1.29 is 4.79 Å².